The normalized spacial score (nSPS) is 40.2. The Kier molecular flexibility index (Phi) is 2.26. The van der Waals surface area contributed by atoms with E-state index < -0.39 is 5.97 Å². The first-order valence-electron chi connectivity index (χ1n) is 4.67. The lowest BCUT2D eigenvalue weighted by molar-refractivity contribution is -0.159. The predicted octanol–water partition coefficient (Wildman–Crippen LogP) is -0.105. The second-order valence-corrected chi connectivity index (χ2v) is 4.14. The molecule has 0 radical (unpaired) electrons. The lowest BCUT2D eigenvalue weighted by Crippen LogP contribution is -2.53. The van der Waals surface area contributed by atoms with Crippen LogP contribution < -0.4 is 0 Å². The van der Waals surface area contributed by atoms with Crippen LogP contribution in [0.25, 0.3) is 0 Å². The van der Waals surface area contributed by atoms with Crippen LogP contribution in [0.3, 0.4) is 0 Å². The van der Waals surface area contributed by atoms with Gasteiger partial charge in [0.2, 0.25) is 0 Å². The van der Waals surface area contributed by atoms with Crippen molar-refractivity contribution in [2.75, 3.05) is 33.4 Å². The molecule has 2 heterocycles. The quantitative estimate of drug-likeness (QED) is 0.619. The Balaban J connectivity index is 2.14. The van der Waals surface area contributed by atoms with Crippen LogP contribution in [0.15, 0.2) is 0 Å². The molecule has 2 saturated heterocycles. The number of aliphatic carboxylic acids is 1. The van der Waals surface area contributed by atoms with Crippen LogP contribution in [0.5, 0.6) is 0 Å². The molecule has 0 aromatic rings. The fraction of sp³-hybridized carbons (Fsp3) is 0.889. The molecule has 0 amide bonds. The SMILES string of the molecule is CN1CC2COCC(C1)C2C(=O)O. The first-order chi connectivity index (χ1) is 6.18. The number of piperidine rings is 1. The molecule has 2 aliphatic rings. The average Bonchev–Trinajstić information content (AvgIpc) is 2.01. The van der Waals surface area contributed by atoms with Crippen LogP contribution in [-0.2, 0) is 9.53 Å². The van der Waals surface area contributed by atoms with Gasteiger partial charge in [-0.2, -0.15) is 0 Å². The standard InChI is InChI=1S/C9H15NO3/c1-10-2-6-4-13-5-7(3-10)8(6)9(11)12/h6-8H,2-5H2,1H3,(H,11,12). The molecule has 4 nitrogen and oxygen atoms in total. The largest absolute Gasteiger partial charge is 0.481 e. The number of hydrogen-bond acceptors (Lipinski definition) is 3. The summed E-state index contributed by atoms with van der Waals surface area (Å²) in [5.74, 6) is -0.443. The highest BCUT2D eigenvalue weighted by Gasteiger charge is 2.43. The van der Waals surface area contributed by atoms with Crippen molar-refractivity contribution < 1.29 is 14.6 Å². The minimum absolute atomic E-state index is 0.176. The molecule has 2 bridgehead atoms. The van der Waals surface area contributed by atoms with Gasteiger partial charge in [0.15, 0.2) is 0 Å². The molecule has 2 fully saturated rings. The second kappa shape index (κ2) is 3.27. The van der Waals surface area contributed by atoms with Gasteiger partial charge >= 0.3 is 5.97 Å². The van der Waals surface area contributed by atoms with Gasteiger partial charge in [0.05, 0.1) is 19.1 Å². The topological polar surface area (TPSA) is 49.8 Å². The van der Waals surface area contributed by atoms with Gasteiger partial charge < -0.3 is 14.7 Å². The summed E-state index contributed by atoms with van der Waals surface area (Å²) in [4.78, 5) is 13.2. The number of hydrogen-bond donors (Lipinski definition) is 1. The van der Waals surface area contributed by atoms with E-state index in [-0.39, 0.29) is 17.8 Å². The number of nitrogens with zero attached hydrogens (tertiary/aromatic N) is 1. The third-order valence-corrected chi connectivity index (χ3v) is 3.06. The molecule has 13 heavy (non-hydrogen) atoms. The van der Waals surface area contributed by atoms with E-state index >= 15 is 0 Å². The highest BCUT2D eigenvalue weighted by molar-refractivity contribution is 5.71. The maximum atomic E-state index is 11.0. The Morgan fingerprint density at radius 3 is 2.38 bits per heavy atom. The van der Waals surface area contributed by atoms with E-state index in [2.05, 4.69) is 4.90 Å². The first kappa shape index (κ1) is 8.97. The van der Waals surface area contributed by atoms with Gasteiger partial charge in [0.1, 0.15) is 0 Å². The molecule has 2 atom stereocenters. The fourth-order valence-electron chi connectivity index (χ4n) is 2.57. The smallest absolute Gasteiger partial charge is 0.307 e. The summed E-state index contributed by atoms with van der Waals surface area (Å²) >= 11 is 0. The van der Waals surface area contributed by atoms with Crippen molar-refractivity contribution in [3.63, 3.8) is 0 Å². The third-order valence-electron chi connectivity index (χ3n) is 3.06. The molecule has 0 spiro atoms. The number of likely N-dealkylation sites (tertiary alicyclic amines) is 1. The Bertz CT molecular complexity index is 205. The van der Waals surface area contributed by atoms with Crippen molar-refractivity contribution in [3.05, 3.63) is 0 Å². The molecule has 0 aromatic carbocycles. The summed E-state index contributed by atoms with van der Waals surface area (Å²) in [7, 11) is 2.05. The Morgan fingerprint density at radius 1 is 1.38 bits per heavy atom. The summed E-state index contributed by atoms with van der Waals surface area (Å²) in [6.45, 7) is 2.93. The molecule has 2 rings (SSSR count). The minimum Gasteiger partial charge on any atom is -0.481 e. The molecule has 2 unspecified atom stereocenters. The van der Waals surface area contributed by atoms with Crippen molar-refractivity contribution >= 4 is 5.97 Å². The number of rotatable bonds is 1. The number of ether oxygens (including phenoxy) is 1. The zero-order valence-corrected chi connectivity index (χ0v) is 7.77. The average molecular weight is 185 g/mol. The van der Waals surface area contributed by atoms with Crippen molar-refractivity contribution in [1.82, 2.24) is 4.90 Å². The summed E-state index contributed by atoms with van der Waals surface area (Å²) in [6.07, 6.45) is 0. The zero-order valence-electron chi connectivity index (χ0n) is 7.77. The minimum atomic E-state index is -0.647. The van der Waals surface area contributed by atoms with E-state index in [1.54, 1.807) is 0 Å². The van der Waals surface area contributed by atoms with Crippen LogP contribution in [0, 0.1) is 17.8 Å². The maximum Gasteiger partial charge on any atom is 0.307 e. The molecular weight excluding hydrogens is 170 g/mol. The fourth-order valence-corrected chi connectivity index (χ4v) is 2.57. The predicted molar refractivity (Wildman–Crippen MR) is 46.4 cm³/mol. The van der Waals surface area contributed by atoms with Crippen LogP contribution in [-0.4, -0.2) is 49.3 Å². The Labute approximate surface area is 77.5 Å². The van der Waals surface area contributed by atoms with E-state index in [9.17, 15) is 4.79 Å². The van der Waals surface area contributed by atoms with Gasteiger partial charge in [-0.15, -0.1) is 0 Å². The van der Waals surface area contributed by atoms with Crippen LogP contribution in [0.4, 0.5) is 0 Å². The highest BCUT2D eigenvalue weighted by atomic mass is 16.5. The molecule has 0 aliphatic carbocycles. The Morgan fingerprint density at radius 2 is 1.92 bits per heavy atom. The van der Waals surface area contributed by atoms with Gasteiger partial charge in [-0.1, -0.05) is 0 Å². The first-order valence-corrected chi connectivity index (χ1v) is 4.67. The van der Waals surface area contributed by atoms with E-state index in [1.807, 2.05) is 7.05 Å². The van der Waals surface area contributed by atoms with E-state index in [0.29, 0.717) is 13.2 Å². The summed E-state index contributed by atoms with van der Waals surface area (Å²) in [5, 5.41) is 9.06. The number of carboxylic acids is 1. The zero-order chi connectivity index (χ0) is 9.42. The van der Waals surface area contributed by atoms with Gasteiger partial charge in [0.25, 0.3) is 0 Å². The Hall–Kier alpha value is -0.610. The number of carboxylic acid groups (broad SMARTS) is 1. The van der Waals surface area contributed by atoms with Crippen molar-refractivity contribution in [2.24, 2.45) is 17.8 Å². The van der Waals surface area contributed by atoms with Crippen LogP contribution >= 0.6 is 0 Å². The number of carbonyl (C=O) groups is 1. The molecule has 74 valence electrons. The lowest BCUT2D eigenvalue weighted by atomic mass is 9.77. The second-order valence-electron chi connectivity index (χ2n) is 4.14. The van der Waals surface area contributed by atoms with E-state index in [1.165, 1.54) is 0 Å². The monoisotopic (exact) mass is 185 g/mol. The maximum absolute atomic E-state index is 11.0. The summed E-state index contributed by atoms with van der Waals surface area (Å²) in [5.41, 5.74) is 0. The van der Waals surface area contributed by atoms with Gasteiger partial charge in [-0.25, -0.2) is 0 Å². The molecule has 0 saturated carbocycles. The molecular formula is C9H15NO3. The number of fused-ring (bicyclic) bond motifs is 2. The van der Waals surface area contributed by atoms with Crippen LogP contribution in [0.2, 0.25) is 0 Å². The molecule has 4 heteroatoms. The van der Waals surface area contributed by atoms with Crippen molar-refractivity contribution in [1.29, 1.82) is 0 Å². The van der Waals surface area contributed by atoms with E-state index in [4.69, 9.17) is 9.84 Å². The molecule has 1 N–H and O–H groups in total. The van der Waals surface area contributed by atoms with Gasteiger partial charge in [-0.3, -0.25) is 4.79 Å². The van der Waals surface area contributed by atoms with Crippen molar-refractivity contribution in [2.45, 2.75) is 0 Å². The highest BCUT2D eigenvalue weighted by Crippen LogP contribution is 2.32. The lowest BCUT2D eigenvalue weighted by Gasteiger charge is -2.43. The van der Waals surface area contributed by atoms with E-state index in [0.717, 1.165) is 13.1 Å². The van der Waals surface area contributed by atoms with Crippen LogP contribution in [0.1, 0.15) is 0 Å². The molecule has 2 aliphatic heterocycles. The molecule has 0 aromatic heterocycles. The van der Waals surface area contributed by atoms with Crippen molar-refractivity contribution in [3.8, 4) is 0 Å². The summed E-state index contributed by atoms with van der Waals surface area (Å²) in [6, 6.07) is 0. The van der Waals surface area contributed by atoms with Gasteiger partial charge in [0, 0.05) is 24.9 Å². The van der Waals surface area contributed by atoms with Gasteiger partial charge in [-0.05, 0) is 7.05 Å². The summed E-state index contributed by atoms with van der Waals surface area (Å²) < 4.78 is 5.38. The third kappa shape index (κ3) is 1.56.